The molecule has 0 unspecified atom stereocenters. The monoisotopic (exact) mass is 292 g/mol. The Bertz CT molecular complexity index is 473. The summed E-state index contributed by atoms with van der Waals surface area (Å²) in [5.41, 5.74) is 1.07. The zero-order valence-electron chi connectivity index (χ0n) is 12.8. The van der Waals surface area contributed by atoms with Crippen molar-refractivity contribution in [2.45, 2.75) is 38.8 Å². The predicted molar refractivity (Wildman–Crippen MR) is 81.7 cm³/mol. The molecule has 5 heteroatoms. The second-order valence-electron chi connectivity index (χ2n) is 5.19. The Labute approximate surface area is 126 Å². The largest absolute Gasteiger partial charge is 0.497 e. The van der Waals surface area contributed by atoms with Crippen LogP contribution in [0.4, 0.5) is 0 Å². The van der Waals surface area contributed by atoms with Gasteiger partial charge in [0, 0.05) is 24.2 Å². The molecule has 1 aromatic carbocycles. The summed E-state index contributed by atoms with van der Waals surface area (Å²) in [6.45, 7) is 4.08. The Morgan fingerprint density at radius 2 is 2.19 bits per heavy atom. The van der Waals surface area contributed by atoms with Crippen molar-refractivity contribution in [2.75, 3.05) is 20.3 Å². The molecular weight excluding hydrogens is 268 g/mol. The first-order chi connectivity index (χ1) is 10.2. The predicted octanol–water partition coefficient (Wildman–Crippen LogP) is 1.85. The fourth-order valence-corrected chi connectivity index (χ4v) is 1.98. The molecule has 1 aliphatic rings. The lowest BCUT2D eigenvalue weighted by Crippen LogP contribution is -2.26. The average molecular weight is 292 g/mol. The highest BCUT2D eigenvalue weighted by atomic mass is 16.5. The Morgan fingerprint density at radius 3 is 2.86 bits per heavy atom. The zero-order valence-corrected chi connectivity index (χ0v) is 12.8. The molecule has 21 heavy (non-hydrogen) atoms. The van der Waals surface area contributed by atoms with Crippen LogP contribution in [0.25, 0.3) is 0 Å². The number of carbonyl (C=O) groups is 1. The maximum absolute atomic E-state index is 11.6. The summed E-state index contributed by atoms with van der Waals surface area (Å²) in [4.78, 5) is 11.6. The van der Waals surface area contributed by atoms with E-state index in [0.717, 1.165) is 43.0 Å². The van der Waals surface area contributed by atoms with Crippen LogP contribution >= 0.6 is 0 Å². The van der Waals surface area contributed by atoms with E-state index >= 15 is 0 Å². The van der Waals surface area contributed by atoms with Crippen molar-refractivity contribution in [3.63, 3.8) is 0 Å². The maximum atomic E-state index is 11.6. The van der Waals surface area contributed by atoms with Crippen LogP contribution in [0.1, 0.15) is 31.7 Å². The molecule has 0 spiro atoms. The summed E-state index contributed by atoms with van der Waals surface area (Å²) >= 11 is 0. The van der Waals surface area contributed by atoms with Crippen molar-refractivity contribution in [1.29, 1.82) is 0 Å². The first-order valence-corrected chi connectivity index (χ1v) is 7.52. The van der Waals surface area contributed by atoms with Crippen LogP contribution in [0.2, 0.25) is 0 Å². The van der Waals surface area contributed by atoms with Gasteiger partial charge in [0.15, 0.2) is 0 Å². The highest BCUT2D eigenvalue weighted by Crippen LogP contribution is 2.25. The van der Waals surface area contributed by atoms with Gasteiger partial charge < -0.3 is 20.1 Å². The topological polar surface area (TPSA) is 59.6 Å². The van der Waals surface area contributed by atoms with E-state index in [0.29, 0.717) is 19.1 Å². The van der Waals surface area contributed by atoms with E-state index in [1.165, 1.54) is 0 Å². The molecule has 1 aliphatic carbocycles. The number of nitrogens with one attached hydrogen (secondary N) is 2. The van der Waals surface area contributed by atoms with Crippen molar-refractivity contribution >= 4 is 5.91 Å². The average Bonchev–Trinajstić information content (AvgIpc) is 3.29. The molecule has 2 rings (SSSR count). The van der Waals surface area contributed by atoms with E-state index in [1.807, 2.05) is 18.2 Å². The summed E-state index contributed by atoms with van der Waals surface area (Å²) in [5.74, 6) is 1.59. The fraction of sp³-hybridized carbons (Fsp3) is 0.562. The fourth-order valence-electron chi connectivity index (χ4n) is 1.98. The minimum absolute atomic E-state index is 0.0635. The number of ether oxygens (including phenoxy) is 2. The molecule has 1 fully saturated rings. The molecule has 116 valence electrons. The van der Waals surface area contributed by atoms with Gasteiger partial charge in [0.05, 0.1) is 20.1 Å². The number of hydrogen-bond acceptors (Lipinski definition) is 4. The highest BCUT2D eigenvalue weighted by Gasteiger charge is 2.22. The van der Waals surface area contributed by atoms with Crippen LogP contribution in [-0.4, -0.2) is 32.2 Å². The number of carbonyl (C=O) groups excluding carboxylic acids is 1. The third-order valence-corrected chi connectivity index (χ3v) is 3.37. The van der Waals surface area contributed by atoms with Crippen molar-refractivity contribution in [2.24, 2.45) is 0 Å². The Morgan fingerprint density at radius 1 is 1.38 bits per heavy atom. The molecule has 0 saturated heterocycles. The smallest absolute Gasteiger partial charge is 0.223 e. The van der Waals surface area contributed by atoms with Gasteiger partial charge in [-0.25, -0.2) is 0 Å². The van der Waals surface area contributed by atoms with Gasteiger partial charge in [0.2, 0.25) is 5.91 Å². The number of benzene rings is 1. The van der Waals surface area contributed by atoms with E-state index in [2.05, 4.69) is 17.6 Å². The molecule has 5 nitrogen and oxygen atoms in total. The van der Waals surface area contributed by atoms with Gasteiger partial charge in [0.25, 0.3) is 0 Å². The van der Waals surface area contributed by atoms with Crippen LogP contribution in [0.5, 0.6) is 11.5 Å². The Balaban J connectivity index is 1.87. The lowest BCUT2D eigenvalue weighted by Gasteiger charge is -2.13. The van der Waals surface area contributed by atoms with Gasteiger partial charge in [-0.05, 0) is 25.5 Å². The summed E-state index contributed by atoms with van der Waals surface area (Å²) in [6, 6.07) is 6.17. The van der Waals surface area contributed by atoms with Crippen molar-refractivity contribution in [1.82, 2.24) is 10.6 Å². The highest BCUT2D eigenvalue weighted by molar-refractivity contribution is 5.76. The number of hydrogen-bond donors (Lipinski definition) is 2. The summed E-state index contributed by atoms with van der Waals surface area (Å²) in [7, 11) is 1.63. The van der Waals surface area contributed by atoms with E-state index in [1.54, 1.807) is 7.11 Å². The van der Waals surface area contributed by atoms with Crippen molar-refractivity contribution < 1.29 is 14.3 Å². The Hall–Kier alpha value is -1.75. The van der Waals surface area contributed by atoms with Crippen LogP contribution < -0.4 is 20.1 Å². The van der Waals surface area contributed by atoms with Gasteiger partial charge in [-0.2, -0.15) is 0 Å². The number of rotatable bonds is 9. The van der Waals surface area contributed by atoms with Gasteiger partial charge in [-0.3, -0.25) is 4.79 Å². The van der Waals surface area contributed by atoms with Crippen LogP contribution in [-0.2, 0) is 11.3 Å². The lowest BCUT2D eigenvalue weighted by atomic mass is 10.2. The van der Waals surface area contributed by atoms with E-state index < -0.39 is 0 Å². The molecular formula is C16H24N2O3. The van der Waals surface area contributed by atoms with E-state index in [4.69, 9.17) is 9.47 Å². The molecule has 0 aliphatic heterocycles. The molecule has 0 atom stereocenters. The van der Waals surface area contributed by atoms with Gasteiger partial charge in [-0.15, -0.1) is 0 Å². The first kappa shape index (κ1) is 15.6. The second-order valence-corrected chi connectivity index (χ2v) is 5.19. The first-order valence-electron chi connectivity index (χ1n) is 7.52. The second kappa shape index (κ2) is 7.88. The number of amides is 1. The van der Waals surface area contributed by atoms with Crippen molar-refractivity contribution in [3.05, 3.63) is 23.8 Å². The molecule has 0 aromatic heterocycles. The maximum Gasteiger partial charge on any atom is 0.223 e. The normalized spacial score (nSPS) is 13.8. The van der Waals surface area contributed by atoms with Gasteiger partial charge in [-0.1, -0.05) is 13.0 Å². The molecule has 0 heterocycles. The molecule has 2 N–H and O–H groups in total. The summed E-state index contributed by atoms with van der Waals surface area (Å²) in [6.07, 6.45) is 2.60. The third-order valence-electron chi connectivity index (χ3n) is 3.37. The van der Waals surface area contributed by atoms with Gasteiger partial charge >= 0.3 is 0 Å². The van der Waals surface area contributed by atoms with Gasteiger partial charge in [0.1, 0.15) is 11.5 Å². The third kappa shape index (κ3) is 5.27. The Kier molecular flexibility index (Phi) is 5.87. The summed E-state index contributed by atoms with van der Waals surface area (Å²) < 4.78 is 11.0. The van der Waals surface area contributed by atoms with Crippen LogP contribution in [0.15, 0.2) is 18.2 Å². The minimum Gasteiger partial charge on any atom is -0.497 e. The van der Waals surface area contributed by atoms with Crippen LogP contribution in [0.3, 0.4) is 0 Å². The van der Waals surface area contributed by atoms with Crippen LogP contribution in [0, 0.1) is 0 Å². The summed E-state index contributed by atoms with van der Waals surface area (Å²) in [5, 5.41) is 6.23. The SMILES string of the molecule is CCNCc1ccc(OC)cc1OCCC(=O)NC1CC1. The molecule has 0 bridgehead atoms. The molecule has 1 amide bonds. The van der Waals surface area contributed by atoms with E-state index in [9.17, 15) is 4.79 Å². The number of methoxy groups -OCH3 is 1. The van der Waals surface area contributed by atoms with E-state index in [-0.39, 0.29) is 5.91 Å². The quantitative estimate of drug-likeness (QED) is 0.729. The lowest BCUT2D eigenvalue weighted by molar-refractivity contribution is -0.121. The standard InChI is InChI=1S/C16H24N2O3/c1-3-17-11-12-4-7-14(20-2)10-15(12)21-9-8-16(19)18-13-5-6-13/h4,7,10,13,17H,3,5-6,8-9,11H2,1-2H3,(H,18,19). The van der Waals surface area contributed by atoms with Crippen molar-refractivity contribution in [3.8, 4) is 11.5 Å². The molecule has 1 aromatic rings. The zero-order chi connectivity index (χ0) is 15.1. The molecule has 0 radical (unpaired) electrons. The molecule has 1 saturated carbocycles. The minimum atomic E-state index is 0.0635.